The molecule has 0 unspecified atom stereocenters. The van der Waals surface area contributed by atoms with Crippen LogP contribution in [0.2, 0.25) is 0 Å². The number of phenolic OH excluding ortho intramolecular Hbond substituents is 1. The molecule has 4 atom stereocenters. The number of aliphatic hydroxyl groups is 4. The minimum absolute atomic E-state index is 0.00809. The third-order valence-corrected chi connectivity index (χ3v) is 3.26. The Kier molecular flexibility index (Phi) is 8.02. The van der Waals surface area contributed by atoms with Crippen molar-refractivity contribution in [2.24, 2.45) is 0 Å². The maximum Gasteiger partial charge on any atom is 0.331 e. The molecular formula is C16H20O9. The van der Waals surface area contributed by atoms with E-state index in [0.29, 0.717) is 5.56 Å². The molecule has 1 aromatic carbocycles. The van der Waals surface area contributed by atoms with E-state index in [1.54, 1.807) is 0 Å². The molecular weight excluding hydrogens is 336 g/mol. The number of aliphatic hydroxyl groups excluding tert-OH is 4. The molecule has 0 heterocycles. The lowest BCUT2D eigenvalue weighted by molar-refractivity contribution is -0.170. The summed E-state index contributed by atoms with van der Waals surface area (Å²) in [6.45, 7) is -0.862. The van der Waals surface area contributed by atoms with Crippen LogP contribution in [0.3, 0.4) is 0 Å². The van der Waals surface area contributed by atoms with Crippen molar-refractivity contribution in [3.63, 3.8) is 0 Å². The lowest BCUT2D eigenvalue weighted by atomic mass is 10.0. The molecule has 5 N–H and O–H groups in total. The predicted molar refractivity (Wildman–Crippen MR) is 84.7 cm³/mol. The van der Waals surface area contributed by atoms with E-state index >= 15 is 0 Å². The van der Waals surface area contributed by atoms with Crippen molar-refractivity contribution >= 4 is 18.3 Å². The fraction of sp³-hybridized carbons (Fsp3) is 0.375. The van der Waals surface area contributed by atoms with Crippen LogP contribution in [0.15, 0.2) is 24.3 Å². The minimum atomic E-state index is -1.91. The number of carbonyl (C=O) groups excluding carboxylic acids is 2. The Morgan fingerprint density at radius 2 is 1.96 bits per heavy atom. The van der Waals surface area contributed by atoms with Gasteiger partial charge in [-0.3, -0.25) is 0 Å². The monoisotopic (exact) mass is 356 g/mol. The highest BCUT2D eigenvalue weighted by Gasteiger charge is 2.34. The number of ether oxygens (including phenoxy) is 2. The highest BCUT2D eigenvalue weighted by molar-refractivity contribution is 5.87. The number of phenols is 1. The number of carbonyl (C=O) groups is 2. The first-order valence-corrected chi connectivity index (χ1v) is 7.20. The Balaban J connectivity index is 2.85. The number of methoxy groups -OCH3 is 1. The second-order valence-corrected chi connectivity index (χ2v) is 5.03. The second-order valence-electron chi connectivity index (χ2n) is 5.03. The van der Waals surface area contributed by atoms with E-state index < -0.39 is 37.0 Å². The van der Waals surface area contributed by atoms with Crippen LogP contribution in [-0.2, 0) is 14.3 Å². The molecule has 0 saturated carbocycles. The van der Waals surface area contributed by atoms with Gasteiger partial charge in [0.25, 0.3) is 0 Å². The summed E-state index contributed by atoms with van der Waals surface area (Å²) in [5, 5.41) is 47.0. The molecule has 0 bridgehead atoms. The van der Waals surface area contributed by atoms with Gasteiger partial charge < -0.3 is 39.8 Å². The maximum absolute atomic E-state index is 11.8. The minimum Gasteiger partial charge on any atom is -0.504 e. The highest BCUT2D eigenvalue weighted by atomic mass is 16.6. The number of esters is 1. The van der Waals surface area contributed by atoms with E-state index in [-0.39, 0.29) is 17.8 Å². The number of hydrogen-bond donors (Lipinski definition) is 5. The van der Waals surface area contributed by atoms with Crippen molar-refractivity contribution in [2.75, 3.05) is 13.7 Å². The summed E-state index contributed by atoms with van der Waals surface area (Å²) in [7, 11) is 1.36. The van der Waals surface area contributed by atoms with Crippen molar-refractivity contribution in [2.45, 2.75) is 24.4 Å². The van der Waals surface area contributed by atoms with Crippen LogP contribution in [0.5, 0.6) is 11.5 Å². The van der Waals surface area contributed by atoms with E-state index in [2.05, 4.69) is 0 Å². The van der Waals surface area contributed by atoms with Gasteiger partial charge in [0.15, 0.2) is 23.9 Å². The van der Waals surface area contributed by atoms with Gasteiger partial charge in [-0.05, 0) is 23.8 Å². The number of hydrogen-bond acceptors (Lipinski definition) is 9. The summed E-state index contributed by atoms with van der Waals surface area (Å²) in [5.74, 6) is -0.894. The Hall–Kier alpha value is -2.46. The quantitative estimate of drug-likeness (QED) is 0.204. The molecule has 0 amide bonds. The lowest BCUT2D eigenvalue weighted by Gasteiger charge is -2.27. The molecule has 0 saturated heterocycles. The third-order valence-electron chi connectivity index (χ3n) is 3.26. The summed E-state index contributed by atoms with van der Waals surface area (Å²) in [6.07, 6.45) is -4.94. The predicted octanol–water partition coefficient (Wildman–Crippen LogP) is -1.40. The van der Waals surface area contributed by atoms with E-state index in [1.165, 1.54) is 31.4 Å². The molecule has 0 spiro atoms. The number of rotatable bonds is 9. The molecule has 0 aliphatic rings. The topological polar surface area (TPSA) is 154 Å². The summed E-state index contributed by atoms with van der Waals surface area (Å²) in [5.41, 5.74) is 0.485. The molecule has 0 aliphatic carbocycles. The lowest BCUT2D eigenvalue weighted by Crippen LogP contribution is -2.48. The molecule has 9 nitrogen and oxygen atoms in total. The van der Waals surface area contributed by atoms with Crippen LogP contribution in [0.25, 0.3) is 6.08 Å². The smallest absolute Gasteiger partial charge is 0.331 e. The summed E-state index contributed by atoms with van der Waals surface area (Å²) >= 11 is 0. The molecule has 0 radical (unpaired) electrons. The zero-order valence-corrected chi connectivity index (χ0v) is 13.3. The summed E-state index contributed by atoms with van der Waals surface area (Å²) in [6, 6.07) is 4.29. The average Bonchev–Trinajstić information content (AvgIpc) is 2.63. The normalized spacial score (nSPS) is 16.0. The van der Waals surface area contributed by atoms with Crippen LogP contribution in [-0.4, -0.2) is 75.9 Å². The van der Waals surface area contributed by atoms with Gasteiger partial charge >= 0.3 is 5.97 Å². The maximum atomic E-state index is 11.8. The van der Waals surface area contributed by atoms with Gasteiger partial charge in [-0.2, -0.15) is 0 Å². The summed E-state index contributed by atoms with van der Waals surface area (Å²) in [4.78, 5) is 22.3. The third kappa shape index (κ3) is 5.84. The Labute approximate surface area is 143 Å². The van der Waals surface area contributed by atoms with Crippen molar-refractivity contribution in [3.8, 4) is 11.5 Å². The number of benzene rings is 1. The molecule has 0 fully saturated rings. The van der Waals surface area contributed by atoms with Gasteiger partial charge in [0.2, 0.25) is 0 Å². The first-order chi connectivity index (χ1) is 11.8. The molecule has 1 rings (SSSR count). The fourth-order valence-corrected chi connectivity index (χ4v) is 1.89. The van der Waals surface area contributed by atoms with E-state index in [9.17, 15) is 30.0 Å². The van der Waals surface area contributed by atoms with Crippen LogP contribution < -0.4 is 4.74 Å². The van der Waals surface area contributed by atoms with Gasteiger partial charge in [0.1, 0.15) is 18.3 Å². The van der Waals surface area contributed by atoms with Crippen LogP contribution >= 0.6 is 0 Å². The molecule has 1 aromatic rings. The van der Waals surface area contributed by atoms with Gasteiger partial charge in [-0.1, -0.05) is 6.07 Å². The van der Waals surface area contributed by atoms with Crippen molar-refractivity contribution in [1.29, 1.82) is 0 Å². The zero-order valence-electron chi connectivity index (χ0n) is 13.3. The van der Waals surface area contributed by atoms with Crippen LogP contribution in [0.4, 0.5) is 0 Å². The van der Waals surface area contributed by atoms with Crippen LogP contribution in [0, 0.1) is 0 Å². The second kappa shape index (κ2) is 9.74. The van der Waals surface area contributed by atoms with Crippen molar-refractivity contribution in [1.82, 2.24) is 0 Å². The fourth-order valence-electron chi connectivity index (χ4n) is 1.89. The first kappa shape index (κ1) is 20.6. The summed E-state index contributed by atoms with van der Waals surface area (Å²) < 4.78 is 9.72. The Morgan fingerprint density at radius 1 is 1.28 bits per heavy atom. The SMILES string of the molecule is COc1cc(/C=C/C(=O)O[C@@H]([C@H](O)[C@@H](O)C=O)[C@H](O)CO)ccc1O. The Morgan fingerprint density at radius 3 is 2.52 bits per heavy atom. The van der Waals surface area contributed by atoms with Crippen molar-refractivity contribution < 1.29 is 44.6 Å². The Bertz CT molecular complexity index is 614. The number of aldehydes is 1. The molecule has 0 aromatic heterocycles. The largest absolute Gasteiger partial charge is 0.504 e. The highest BCUT2D eigenvalue weighted by Crippen LogP contribution is 2.26. The van der Waals surface area contributed by atoms with Crippen LogP contribution in [0.1, 0.15) is 5.56 Å². The molecule has 9 heteroatoms. The van der Waals surface area contributed by atoms with E-state index in [1.807, 2.05) is 0 Å². The molecule has 0 aliphatic heterocycles. The zero-order chi connectivity index (χ0) is 19.0. The number of aromatic hydroxyl groups is 1. The van der Waals surface area contributed by atoms with E-state index in [4.69, 9.17) is 14.6 Å². The first-order valence-electron chi connectivity index (χ1n) is 7.20. The van der Waals surface area contributed by atoms with Gasteiger partial charge in [0.05, 0.1) is 13.7 Å². The van der Waals surface area contributed by atoms with Gasteiger partial charge in [0, 0.05) is 6.08 Å². The van der Waals surface area contributed by atoms with Gasteiger partial charge in [-0.25, -0.2) is 4.79 Å². The standard InChI is InChI=1S/C16H20O9/c1-24-13-6-9(2-4-10(13)19)3-5-14(22)25-16(12(21)8-18)15(23)11(20)7-17/h2-7,11-12,15-16,18-21,23H,8H2,1H3/b5-3+/t11-,12+,15+,16+/m0/s1. The van der Waals surface area contributed by atoms with Gasteiger partial charge in [-0.15, -0.1) is 0 Å². The molecule has 138 valence electrons. The average molecular weight is 356 g/mol. The van der Waals surface area contributed by atoms with E-state index in [0.717, 1.165) is 6.08 Å². The molecule has 25 heavy (non-hydrogen) atoms. The van der Waals surface area contributed by atoms with Crippen molar-refractivity contribution in [3.05, 3.63) is 29.8 Å².